The smallest absolute Gasteiger partial charge is 0.315 e. The van der Waals surface area contributed by atoms with Gasteiger partial charge >= 0.3 is 6.03 Å². The van der Waals surface area contributed by atoms with Gasteiger partial charge in [0.2, 0.25) is 0 Å². The Morgan fingerprint density at radius 1 is 0.844 bits per heavy atom. The SMILES string of the molecule is CC(C)c1ccc(CN(C)CN2C(=O)NC(c3ccccc3)(c3ccccc3)C2=O)cc1. The Hall–Kier alpha value is -3.44. The molecule has 0 atom stereocenters. The van der Waals surface area contributed by atoms with Gasteiger partial charge in [-0.25, -0.2) is 9.69 Å². The topological polar surface area (TPSA) is 52.6 Å². The van der Waals surface area contributed by atoms with E-state index in [1.165, 1.54) is 10.5 Å². The van der Waals surface area contributed by atoms with Gasteiger partial charge in [-0.2, -0.15) is 0 Å². The van der Waals surface area contributed by atoms with Gasteiger partial charge in [0.15, 0.2) is 5.54 Å². The molecule has 0 spiro atoms. The van der Waals surface area contributed by atoms with Crippen molar-refractivity contribution in [3.63, 3.8) is 0 Å². The van der Waals surface area contributed by atoms with Crippen LogP contribution in [0.5, 0.6) is 0 Å². The van der Waals surface area contributed by atoms with Crippen molar-refractivity contribution in [3.8, 4) is 0 Å². The third-order valence-electron chi connectivity index (χ3n) is 6.00. The Balaban J connectivity index is 1.58. The number of carbonyl (C=O) groups excluding carboxylic acids is 2. The highest BCUT2D eigenvalue weighted by atomic mass is 16.2. The zero-order valence-electron chi connectivity index (χ0n) is 18.8. The van der Waals surface area contributed by atoms with Crippen LogP contribution < -0.4 is 5.32 Å². The summed E-state index contributed by atoms with van der Waals surface area (Å²) in [5.41, 5.74) is 2.71. The highest BCUT2D eigenvalue weighted by Crippen LogP contribution is 2.36. The van der Waals surface area contributed by atoms with E-state index in [2.05, 4.69) is 43.4 Å². The Bertz CT molecular complexity index is 1040. The molecule has 3 aromatic rings. The Kier molecular flexibility index (Phi) is 6.10. The number of carbonyl (C=O) groups is 2. The molecule has 1 fully saturated rings. The molecule has 32 heavy (non-hydrogen) atoms. The minimum absolute atomic E-state index is 0.206. The van der Waals surface area contributed by atoms with Crippen LogP contribution in [-0.4, -0.2) is 35.5 Å². The molecule has 3 amide bonds. The molecule has 164 valence electrons. The lowest BCUT2D eigenvalue weighted by Gasteiger charge is -2.28. The summed E-state index contributed by atoms with van der Waals surface area (Å²) in [6, 6.07) is 27.0. The molecule has 1 N–H and O–H groups in total. The zero-order chi connectivity index (χ0) is 22.7. The zero-order valence-corrected chi connectivity index (χ0v) is 18.8. The van der Waals surface area contributed by atoms with E-state index in [0.717, 1.165) is 16.7 Å². The predicted octanol–water partition coefficient (Wildman–Crippen LogP) is 4.69. The summed E-state index contributed by atoms with van der Waals surface area (Å²) in [5, 5.41) is 3.00. The second kappa shape index (κ2) is 8.97. The van der Waals surface area contributed by atoms with Crippen LogP contribution in [0.3, 0.4) is 0 Å². The lowest BCUT2D eigenvalue weighted by atomic mass is 9.83. The van der Waals surface area contributed by atoms with Crippen molar-refractivity contribution in [2.24, 2.45) is 0 Å². The molecule has 0 radical (unpaired) electrons. The van der Waals surface area contributed by atoms with Gasteiger partial charge in [0.05, 0.1) is 6.67 Å². The molecule has 1 aliphatic heterocycles. The van der Waals surface area contributed by atoms with Crippen LogP contribution in [0.4, 0.5) is 4.79 Å². The van der Waals surface area contributed by atoms with E-state index in [0.29, 0.717) is 12.5 Å². The van der Waals surface area contributed by atoms with Crippen LogP contribution >= 0.6 is 0 Å². The third-order valence-corrected chi connectivity index (χ3v) is 6.00. The third kappa shape index (κ3) is 4.04. The summed E-state index contributed by atoms with van der Waals surface area (Å²) >= 11 is 0. The van der Waals surface area contributed by atoms with E-state index >= 15 is 0 Å². The summed E-state index contributed by atoms with van der Waals surface area (Å²) in [7, 11) is 1.92. The van der Waals surface area contributed by atoms with Gasteiger partial charge in [-0.05, 0) is 35.2 Å². The minimum atomic E-state index is -1.22. The van der Waals surface area contributed by atoms with Crippen molar-refractivity contribution in [2.45, 2.75) is 31.8 Å². The maximum atomic E-state index is 13.8. The molecule has 0 unspecified atom stereocenters. The normalized spacial score (nSPS) is 15.5. The average molecular weight is 428 g/mol. The highest BCUT2D eigenvalue weighted by molar-refractivity contribution is 6.09. The van der Waals surface area contributed by atoms with Crippen molar-refractivity contribution < 1.29 is 9.59 Å². The first-order valence-corrected chi connectivity index (χ1v) is 10.9. The summed E-state index contributed by atoms with van der Waals surface area (Å²) in [6.07, 6.45) is 0. The van der Waals surface area contributed by atoms with Gasteiger partial charge in [-0.1, -0.05) is 98.8 Å². The Labute approximate surface area is 189 Å². The molecule has 1 aliphatic rings. The number of urea groups is 1. The quantitative estimate of drug-likeness (QED) is 0.557. The van der Waals surface area contributed by atoms with Crippen molar-refractivity contribution in [1.82, 2.24) is 15.1 Å². The summed E-state index contributed by atoms with van der Waals surface area (Å²) < 4.78 is 0. The second-order valence-electron chi connectivity index (χ2n) is 8.70. The van der Waals surface area contributed by atoms with Gasteiger partial charge in [-0.15, -0.1) is 0 Å². The summed E-state index contributed by atoms with van der Waals surface area (Å²) in [6.45, 7) is 5.19. The van der Waals surface area contributed by atoms with Crippen molar-refractivity contribution >= 4 is 11.9 Å². The Morgan fingerprint density at radius 2 is 1.38 bits per heavy atom. The number of amides is 3. The monoisotopic (exact) mass is 427 g/mol. The van der Waals surface area contributed by atoms with Crippen LogP contribution in [0.15, 0.2) is 84.9 Å². The fraction of sp³-hybridized carbons (Fsp3) is 0.259. The standard InChI is InChI=1S/C27H29N3O2/c1-20(2)22-16-14-21(15-17-22)18-29(3)19-30-25(31)27(28-26(30)32,23-10-6-4-7-11-23)24-12-8-5-9-13-24/h4-17,20H,18-19H2,1-3H3,(H,28,32). The van der Waals surface area contributed by atoms with Crippen LogP contribution in [-0.2, 0) is 16.9 Å². The molecule has 0 bridgehead atoms. The van der Waals surface area contributed by atoms with Crippen molar-refractivity contribution in [2.75, 3.05) is 13.7 Å². The minimum Gasteiger partial charge on any atom is -0.315 e. The van der Waals surface area contributed by atoms with Crippen LogP contribution in [0, 0.1) is 0 Å². The number of imide groups is 1. The summed E-state index contributed by atoms with van der Waals surface area (Å²) in [4.78, 5) is 30.1. The maximum absolute atomic E-state index is 13.8. The van der Waals surface area contributed by atoms with Crippen molar-refractivity contribution in [1.29, 1.82) is 0 Å². The van der Waals surface area contributed by atoms with Crippen LogP contribution in [0.2, 0.25) is 0 Å². The van der Waals surface area contributed by atoms with Crippen molar-refractivity contribution in [3.05, 3.63) is 107 Å². The molecule has 5 nitrogen and oxygen atoms in total. The van der Waals surface area contributed by atoms with Crippen LogP contribution in [0.1, 0.15) is 42.0 Å². The molecule has 4 rings (SSSR count). The molecule has 1 saturated heterocycles. The lowest BCUT2D eigenvalue weighted by Crippen LogP contribution is -2.46. The molecular formula is C27H29N3O2. The van der Waals surface area contributed by atoms with Crippen LogP contribution in [0.25, 0.3) is 0 Å². The lowest BCUT2D eigenvalue weighted by molar-refractivity contribution is -0.131. The van der Waals surface area contributed by atoms with E-state index < -0.39 is 5.54 Å². The number of hydrogen-bond acceptors (Lipinski definition) is 3. The molecule has 1 heterocycles. The largest absolute Gasteiger partial charge is 0.326 e. The molecule has 3 aromatic carbocycles. The molecule has 5 heteroatoms. The molecule has 0 aromatic heterocycles. The number of nitrogens with zero attached hydrogens (tertiary/aromatic N) is 2. The highest BCUT2D eigenvalue weighted by Gasteiger charge is 2.53. The average Bonchev–Trinajstić information content (AvgIpc) is 3.06. The van der Waals surface area contributed by atoms with Gasteiger partial charge in [0.25, 0.3) is 5.91 Å². The number of benzene rings is 3. The van der Waals surface area contributed by atoms with Gasteiger partial charge in [-0.3, -0.25) is 9.69 Å². The molecule has 0 saturated carbocycles. The number of hydrogen-bond donors (Lipinski definition) is 1. The van der Waals surface area contributed by atoms with Gasteiger partial charge in [0.1, 0.15) is 0 Å². The fourth-order valence-corrected chi connectivity index (χ4v) is 4.25. The van der Waals surface area contributed by atoms with E-state index in [1.807, 2.05) is 72.6 Å². The number of rotatable bonds is 7. The second-order valence-corrected chi connectivity index (χ2v) is 8.70. The number of nitrogens with one attached hydrogen (secondary N) is 1. The maximum Gasteiger partial charge on any atom is 0.326 e. The van der Waals surface area contributed by atoms with Gasteiger partial charge < -0.3 is 5.32 Å². The van der Waals surface area contributed by atoms with E-state index in [1.54, 1.807) is 0 Å². The summed E-state index contributed by atoms with van der Waals surface area (Å²) in [5.74, 6) is 0.221. The van der Waals surface area contributed by atoms with Gasteiger partial charge in [0, 0.05) is 6.54 Å². The first-order chi connectivity index (χ1) is 15.4. The Morgan fingerprint density at radius 3 is 1.88 bits per heavy atom. The van der Waals surface area contributed by atoms with E-state index in [9.17, 15) is 9.59 Å². The van der Waals surface area contributed by atoms with E-state index in [-0.39, 0.29) is 18.6 Å². The first kappa shape index (κ1) is 21.8. The first-order valence-electron chi connectivity index (χ1n) is 10.9. The predicted molar refractivity (Wildman–Crippen MR) is 126 cm³/mol. The molecular weight excluding hydrogens is 398 g/mol. The fourth-order valence-electron chi connectivity index (χ4n) is 4.25. The van der Waals surface area contributed by atoms with E-state index in [4.69, 9.17) is 0 Å². The molecule has 0 aliphatic carbocycles.